The van der Waals surface area contributed by atoms with Gasteiger partial charge >= 0.3 is 0 Å². The highest BCUT2D eigenvalue weighted by atomic mass is 32.1. The van der Waals surface area contributed by atoms with Gasteiger partial charge in [-0.25, -0.2) is 9.97 Å². The Kier molecular flexibility index (Phi) is 4.38. The van der Waals surface area contributed by atoms with E-state index >= 15 is 0 Å². The Morgan fingerprint density at radius 1 is 1.36 bits per heavy atom. The molecule has 0 aromatic carbocycles. The van der Waals surface area contributed by atoms with Crippen molar-refractivity contribution in [3.8, 4) is 0 Å². The van der Waals surface area contributed by atoms with Crippen molar-refractivity contribution in [1.29, 1.82) is 0 Å². The van der Waals surface area contributed by atoms with Gasteiger partial charge in [0.15, 0.2) is 0 Å². The van der Waals surface area contributed by atoms with E-state index in [1.807, 2.05) is 31.5 Å². The van der Waals surface area contributed by atoms with Crippen LogP contribution in [0.1, 0.15) is 33.9 Å². The molecule has 116 valence electrons. The first-order chi connectivity index (χ1) is 10.6. The van der Waals surface area contributed by atoms with Crippen LogP contribution in [-0.2, 0) is 6.54 Å². The molecule has 0 aliphatic carbocycles. The van der Waals surface area contributed by atoms with Gasteiger partial charge in [0.2, 0.25) is 5.95 Å². The van der Waals surface area contributed by atoms with Crippen molar-refractivity contribution in [3.05, 3.63) is 39.8 Å². The first kappa shape index (κ1) is 15.0. The van der Waals surface area contributed by atoms with Gasteiger partial charge in [-0.2, -0.15) is 0 Å². The highest BCUT2D eigenvalue weighted by molar-refractivity contribution is 7.09. The molecule has 0 atom stereocenters. The summed E-state index contributed by atoms with van der Waals surface area (Å²) in [4.78, 5) is 26.6. The Morgan fingerprint density at radius 3 is 2.82 bits per heavy atom. The molecular weight excluding hydrogens is 296 g/mol. The summed E-state index contributed by atoms with van der Waals surface area (Å²) in [6, 6.07) is 5.81. The van der Waals surface area contributed by atoms with Gasteiger partial charge in [0, 0.05) is 30.7 Å². The van der Waals surface area contributed by atoms with Crippen LogP contribution < -0.4 is 4.90 Å². The van der Waals surface area contributed by atoms with Crippen LogP contribution in [0, 0.1) is 6.92 Å². The molecule has 5 nitrogen and oxygen atoms in total. The molecule has 1 saturated heterocycles. The minimum Gasteiger partial charge on any atom is -0.341 e. The van der Waals surface area contributed by atoms with E-state index in [9.17, 15) is 4.79 Å². The fourth-order valence-electron chi connectivity index (χ4n) is 2.62. The van der Waals surface area contributed by atoms with Crippen LogP contribution >= 0.6 is 11.3 Å². The minimum atomic E-state index is -0.0562. The van der Waals surface area contributed by atoms with E-state index in [1.54, 1.807) is 22.3 Å². The number of hydrogen-bond acceptors (Lipinski definition) is 5. The lowest BCUT2D eigenvalue weighted by molar-refractivity contribution is 0.0780. The van der Waals surface area contributed by atoms with E-state index in [-0.39, 0.29) is 5.91 Å². The van der Waals surface area contributed by atoms with E-state index in [4.69, 9.17) is 0 Å². The second-order valence-corrected chi connectivity index (χ2v) is 6.66. The number of nitrogens with zero attached hydrogens (tertiary/aromatic N) is 4. The standard InChI is InChI=1S/C16H20N4OS/c1-12-10-14(18-16(17-12)20-7-3-4-8-20)15(21)19(2)11-13-6-5-9-22-13/h5-6,9-10H,3-4,7-8,11H2,1-2H3. The largest absolute Gasteiger partial charge is 0.341 e. The molecule has 1 aliphatic rings. The zero-order valence-electron chi connectivity index (χ0n) is 13.0. The maximum absolute atomic E-state index is 12.6. The zero-order valence-corrected chi connectivity index (χ0v) is 13.8. The quantitative estimate of drug-likeness (QED) is 0.870. The van der Waals surface area contributed by atoms with Gasteiger partial charge in [-0.3, -0.25) is 4.79 Å². The number of amides is 1. The molecule has 0 spiro atoms. The molecule has 2 aromatic rings. The Labute approximate surface area is 134 Å². The normalized spacial score (nSPS) is 14.4. The van der Waals surface area contributed by atoms with Gasteiger partial charge in [-0.15, -0.1) is 11.3 Å². The summed E-state index contributed by atoms with van der Waals surface area (Å²) in [5.41, 5.74) is 1.32. The SMILES string of the molecule is Cc1cc(C(=O)N(C)Cc2cccs2)nc(N2CCCC2)n1. The second-order valence-electron chi connectivity index (χ2n) is 5.63. The molecule has 2 aromatic heterocycles. The minimum absolute atomic E-state index is 0.0562. The van der Waals surface area contributed by atoms with Crippen molar-refractivity contribution in [3.63, 3.8) is 0 Å². The second kappa shape index (κ2) is 6.44. The van der Waals surface area contributed by atoms with Crippen LogP contribution in [-0.4, -0.2) is 40.9 Å². The molecule has 22 heavy (non-hydrogen) atoms. The molecular formula is C16H20N4OS. The first-order valence-corrected chi connectivity index (χ1v) is 8.40. The Morgan fingerprint density at radius 2 is 2.14 bits per heavy atom. The Balaban J connectivity index is 1.79. The van der Waals surface area contributed by atoms with E-state index in [1.165, 1.54) is 17.7 Å². The average molecular weight is 316 g/mol. The van der Waals surface area contributed by atoms with Gasteiger partial charge in [0.1, 0.15) is 5.69 Å². The third kappa shape index (κ3) is 3.27. The fourth-order valence-corrected chi connectivity index (χ4v) is 3.38. The van der Waals surface area contributed by atoms with E-state index in [0.29, 0.717) is 18.2 Å². The van der Waals surface area contributed by atoms with Gasteiger partial charge in [-0.1, -0.05) is 6.07 Å². The zero-order chi connectivity index (χ0) is 15.5. The Hall–Kier alpha value is -1.95. The summed E-state index contributed by atoms with van der Waals surface area (Å²) < 4.78 is 0. The number of carbonyl (C=O) groups excluding carboxylic acids is 1. The molecule has 1 amide bonds. The number of thiophene rings is 1. The van der Waals surface area contributed by atoms with Crippen LogP contribution in [0.25, 0.3) is 0 Å². The Bertz CT molecular complexity index is 650. The molecule has 0 unspecified atom stereocenters. The van der Waals surface area contributed by atoms with Crippen LogP contribution in [0.3, 0.4) is 0 Å². The smallest absolute Gasteiger partial charge is 0.272 e. The highest BCUT2D eigenvalue weighted by Gasteiger charge is 2.20. The molecule has 0 radical (unpaired) electrons. The summed E-state index contributed by atoms with van der Waals surface area (Å²) >= 11 is 1.66. The topological polar surface area (TPSA) is 49.3 Å². The van der Waals surface area contributed by atoms with Crippen LogP contribution in [0.4, 0.5) is 5.95 Å². The average Bonchev–Trinajstić information content (AvgIpc) is 3.19. The monoisotopic (exact) mass is 316 g/mol. The molecule has 0 N–H and O–H groups in total. The predicted molar refractivity (Wildman–Crippen MR) is 88.3 cm³/mol. The first-order valence-electron chi connectivity index (χ1n) is 7.52. The van der Waals surface area contributed by atoms with Gasteiger partial charge in [0.05, 0.1) is 6.54 Å². The van der Waals surface area contributed by atoms with Crippen molar-refractivity contribution in [1.82, 2.24) is 14.9 Å². The van der Waals surface area contributed by atoms with Crippen molar-refractivity contribution in [2.75, 3.05) is 25.0 Å². The van der Waals surface area contributed by atoms with Gasteiger partial charge in [-0.05, 0) is 37.3 Å². The number of hydrogen-bond donors (Lipinski definition) is 0. The summed E-state index contributed by atoms with van der Waals surface area (Å²) in [6.07, 6.45) is 2.33. The predicted octanol–water partition coefficient (Wildman–Crippen LogP) is 2.72. The lowest BCUT2D eigenvalue weighted by Gasteiger charge is -2.19. The van der Waals surface area contributed by atoms with E-state index < -0.39 is 0 Å². The molecule has 1 aliphatic heterocycles. The fraction of sp³-hybridized carbons (Fsp3) is 0.438. The van der Waals surface area contributed by atoms with Crippen molar-refractivity contribution < 1.29 is 4.79 Å². The molecule has 3 rings (SSSR count). The van der Waals surface area contributed by atoms with Crippen LogP contribution in [0.15, 0.2) is 23.6 Å². The van der Waals surface area contributed by atoms with Crippen molar-refractivity contribution >= 4 is 23.2 Å². The number of rotatable bonds is 4. The molecule has 3 heterocycles. The maximum atomic E-state index is 12.6. The van der Waals surface area contributed by atoms with Gasteiger partial charge < -0.3 is 9.80 Å². The van der Waals surface area contributed by atoms with E-state index in [2.05, 4.69) is 14.9 Å². The van der Waals surface area contributed by atoms with Gasteiger partial charge in [0.25, 0.3) is 5.91 Å². The van der Waals surface area contributed by atoms with Crippen molar-refractivity contribution in [2.45, 2.75) is 26.3 Å². The van der Waals surface area contributed by atoms with Crippen LogP contribution in [0.5, 0.6) is 0 Å². The number of aryl methyl sites for hydroxylation is 1. The third-order valence-corrected chi connectivity index (χ3v) is 4.63. The summed E-state index contributed by atoms with van der Waals surface area (Å²) in [5, 5.41) is 2.02. The number of carbonyl (C=O) groups is 1. The molecule has 1 fully saturated rings. The molecule has 0 saturated carbocycles. The van der Waals surface area contributed by atoms with Crippen LogP contribution in [0.2, 0.25) is 0 Å². The van der Waals surface area contributed by atoms with E-state index in [0.717, 1.165) is 18.8 Å². The lowest BCUT2D eigenvalue weighted by atomic mass is 10.3. The summed E-state index contributed by atoms with van der Waals surface area (Å²) in [7, 11) is 1.81. The summed E-state index contributed by atoms with van der Waals surface area (Å²) in [6.45, 7) is 4.47. The summed E-state index contributed by atoms with van der Waals surface area (Å²) in [5.74, 6) is 0.629. The number of aromatic nitrogens is 2. The molecule has 6 heteroatoms. The lowest BCUT2D eigenvalue weighted by Crippen LogP contribution is -2.28. The van der Waals surface area contributed by atoms with Crippen molar-refractivity contribution in [2.24, 2.45) is 0 Å². The molecule has 0 bridgehead atoms. The number of anilines is 1. The third-order valence-electron chi connectivity index (χ3n) is 3.77. The maximum Gasteiger partial charge on any atom is 0.272 e. The highest BCUT2D eigenvalue weighted by Crippen LogP contribution is 2.18.